The maximum Gasteiger partial charge on any atom is 0.119 e. The number of benzene rings is 2. The molecule has 0 bridgehead atoms. The van der Waals surface area contributed by atoms with Crippen molar-refractivity contribution in [3.8, 4) is 5.75 Å². The summed E-state index contributed by atoms with van der Waals surface area (Å²) >= 11 is 0. The van der Waals surface area contributed by atoms with Crippen LogP contribution in [-0.2, 0) is 6.54 Å². The molecular formula is C18H20N2O. The smallest absolute Gasteiger partial charge is 0.119 e. The van der Waals surface area contributed by atoms with E-state index in [2.05, 4.69) is 53.6 Å². The second kappa shape index (κ2) is 6.02. The predicted molar refractivity (Wildman–Crippen MR) is 86.5 cm³/mol. The minimum Gasteiger partial charge on any atom is -0.497 e. The zero-order chi connectivity index (χ0) is 14.7. The molecule has 0 aliphatic heterocycles. The number of H-pyrrole nitrogens is 1. The van der Waals surface area contributed by atoms with Gasteiger partial charge in [-0.3, -0.25) is 0 Å². The van der Waals surface area contributed by atoms with Crippen LogP contribution in [-0.4, -0.2) is 12.1 Å². The van der Waals surface area contributed by atoms with Gasteiger partial charge in [0, 0.05) is 29.7 Å². The molecule has 21 heavy (non-hydrogen) atoms. The van der Waals surface area contributed by atoms with Crippen molar-refractivity contribution in [2.45, 2.75) is 19.5 Å². The molecule has 0 saturated carbocycles. The molecule has 0 fully saturated rings. The molecule has 1 atom stereocenters. The third-order valence-corrected chi connectivity index (χ3v) is 3.88. The number of hydrogen-bond donors (Lipinski definition) is 2. The van der Waals surface area contributed by atoms with E-state index in [1.54, 1.807) is 7.11 Å². The molecule has 108 valence electrons. The molecule has 2 aromatic carbocycles. The van der Waals surface area contributed by atoms with Gasteiger partial charge in [0.1, 0.15) is 5.75 Å². The highest BCUT2D eigenvalue weighted by molar-refractivity contribution is 5.82. The number of ether oxygens (including phenoxy) is 1. The van der Waals surface area contributed by atoms with Crippen LogP contribution in [0.2, 0.25) is 0 Å². The van der Waals surface area contributed by atoms with Crippen LogP contribution in [0.4, 0.5) is 0 Å². The lowest BCUT2D eigenvalue weighted by Crippen LogP contribution is -2.18. The van der Waals surface area contributed by atoms with Crippen LogP contribution in [0, 0.1) is 0 Å². The summed E-state index contributed by atoms with van der Waals surface area (Å²) in [4.78, 5) is 3.25. The van der Waals surface area contributed by atoms with Gasteiger partial charge >= 0.3 is 0 Å². The lowest BCUT2D eigenvalue weighted by molar-refractivity contribution is 0.413. The third kappa shape index (κ3) is 2.93. The lowest BCUT2D eigenvalue weighted by atomic mass is 10.1. The van der Waals surface area contributed by atoms with Crippen LogP contribution >= 0.6 is 0 Å². The standard InChI is InChI=1S/C18H20N2O/c1-13(14-5-3-7-16(11-14)21-2)20-12-15-6-4-8-18-17(15)9-10-19-18/h3-11,13,19-20H,12H2,1-2H3/t13-/m1/s1. The third-order valence-electron chi connectivity index (χ3n) is 3.88. The van der Waals surface area contributed by atoms with Crippen molar-refractivity contribution in [2.75, 3.05) is 7.11 Å². The van der Waals surface area contributed by atoms with Gasteiger partial charge in [-0.05, 0) is 42.3 Å². The second-order valence-corrected chi connectivity index (χ2v) is 5.24. The molecule has 0 saturated heterocycles. The molecule has 0 amide bonds. The molecule has 2 N–H and O–H groups in total. The van der Waals surface area contributed by atoms with Crippen molar-refractivity contribution in [3.05, 3.63) is 65.9 Å². The molecule has 1 aromatic heterocycles. The summed E-state index contributed by atoms with van der Waals surface area (Å²) in [5.74, 6) is 0.897. The molecule has 3 aromatic rings. The molecule has 0 radical (unpaired) electrons. The molecular weight excluding hydrogens is 260 g/mol. The van der Waals surface area contributed by atoms with Crippen molar-refractivity contribution in [1.29, 1.82) is 0 Å². The summed E-state index contributed by atoms with van der Waals surface area (Å²) < 4.78 is 5.28. The largest absolute Gasteiger partial charge is 0.497 e. The van der Waals surface area contributed by atoms with Crippen LogP contribution in [0.25, 0.3) is 10.9 Å². The first-order chi connectivity index (χ1) is 10.3. The number of aromatic amines is 1. The SMILES string of the molecule is COc1cccc([C@@H](C)NCc2cccc3[nH]ccc23)c1. The van der Waals surface area contributed by atoms with Gasteiger partial charge in [-0.1, -0.05) is 24.3 Å². The summed E-state index contributed by atoms with van der Waals surface area (Å²) in [6.45, 7) is 3.01. The maximum absolute atomic E-state index is 5.28. The minimum absolute atomic E-state index is 0.272. The maximum atomic E-state index is 5.28. The zero-order valence-electron chi connectivity index (χ0n) is 12.4. The van der Waals surface area contributed by atoms with Crippen molar-refractivity contribution in [3.63, 3.8) is 0 Å². The van der Waals surface area contributed by atoms with Crippen LogP contribution in [0.15, 0.2) is 54.7 Å². The zero-order valence-corrected chi connectivity index (χ0v) is 12.4. The molecule has 0 aliphatic carbocycles. The Bertz CT molecular complexity index is 733. The Labute approximate surface area is 125 Å². The fourth-order valence-electron chi connectivity index (χ4n) is 2.60. The molecule has 0 aliphatic rings. The first-order valence-electron chi connectivity index (χ1n) is 7.20. The van der Waals surface area contributed by atoms with Crippen LogP contribution in [0.5, 0.6) is 5.75 Å². The number of methoxy groups -OCH3 is 1. The van der Waals surface area contributed by atoms with Gasteiger partial charge in [0.05, 0.1) is 7.11 Å². The Balaban J connectivity index is 1.73. The molecule has 3 nitrogen and oxygen atoms in total. The van der Waals surface area contributed by atoms with Crippen LogP contribution in [0.1, 0.15) is 24.1 Å². The quantitative estimate of drug-likeness (QED) is 0.740. The van der Waals surface area contributed by atoms with Crippen molar-refractivity contribution in [1.82, 2.24) is 10.3 Å². The Morgan fingerprint density at radius 2 is 2.00 bits per heavy atom. The molecule has 3 rings (SSSR count). The highest BCUT2D eigenvalue weighted by Crippen LogP contribution is 2.21. The molecule has 0 spiro atoms. The summed E-state index contributed by atoms with van der Waals surface area (Å²) in [6, 6.07) is 17.0. The van der Waals surface area contributed by atoms with Crippen LogP contribution < -0.4 is 10.1 Å². The number of aromatic nitrogens is 1. The van der Waals surface area contributed by atoms with E-state index in [1.165, 1.54) is 22.0 Å². The normalized spacial score (nSPS) is 12.5. The van der Waals surface area contributed by atoms with E-state index in [-0.39, 0.29) is 6.04 Å². The van der Waals surface area contributed by atoms with Gasteiger partial charge < -0.3 is 15.0 Å². The van der Waals surface area contributed by atoms with E-state index in [0.717, 1.165) is 12.3 Å². The topological polar surface area (TPSA) is 37.0 Å². The van der Waals surface area contributed by atoms with Gasteiger partial charge in [-0.2, -0.15) is 0 Å². The number of nitrogens with one attached hydrogen (secondary N) is 2. The molecule has 1 heterocycles. The van der Waals surface area contributed by atoms with Gasteiger partial charge in [0.15, 0.2) is 0 Å². The fraction of sp³-hybridized carbons (Fsp3) is 0.222. The highest BCUT2D eigenvalue weighted by Gasteiger charge is 2.07. The number of hydrogen-bond acceptors (Lipinski definition) is 2. The van der Waals surface area contributed by atoms with Gasteiger partial charge in [-0.15, -0.1) is 0 Å². The minimum atomic E-state index is 0.272. The Hall–Kier alpha value is -2.26. The summed E-state index contributed by atoms with van der Waals surface area (Å²) in [7, 11) is 1.70. The monoisotopic (exact) mass is 280 g/mol. The van der Waals surface area contributed by atoms with Gasteiger partial charge in [0.2, 0.25) is 0 Å². The summed E-state index contributed by atoms with van der Waals surface area (Å²) in [5.41, 5.74) is 3.72. The van der Waals surface area contributed by atoms with E-state index in [4.69, 9.17) is 4.74 Å². The van der Waals surface area contributed by atoms with E-state index in [9.17, 15) is 0 Å². The summed E-state index contributed by atoms with van der Waals surface area (Å²) in [6.07, 6.45) is 1.99. The fourth-order valence-corrected chi connectivity index (χ4v) is 2.60. The lowest BCUT2D eigenvalue weighted by Gasteiger charge is -2.15. The van der Waals surface area contributed by atoms with E-state index in [1.807, 2.05) is 18.3 Å². The Morgan fingerprint density at radius 1 is 1.14 bits per heavy atom. The first kappa shape index (κ1) is 13.7. The van der Waals surface area contributed by atoms with E-state index >= 15 is 0 Å². The first-order valence-corrected chi connectivity index (χ1v) is 7.20. The molecule has 3 heteroatoms. The van der Waals surface area contributed by atoms with E-state index < -0.39 is 0 Å². The van der Waals surface area contributed by atoms with Gasteiger partial charge in [-0.25, -0.2) is 0 Å². The average molecular weight is 280 g/mol. The molecule has 0 unspecified atom stereocenters. The van der Waals surface area contributed by atoms with Gasteiger partial charge in [0.25, 0.3) is 0 Å². The highest BCUT2D eigenvalue weighted by atomic mass is 16.5. The second-order valence-electron chi connectivity index (χ2n) is 5.24. The Kier molecular flexibility index (Phi) is 3.93. The van der Waals surface area contributed by atoms with E-state index in [0.29, 0.717) is 0 Å². The number of rotatable bonds is 5. The van der Waals surface area contributed by atoms with Crippen molar-refractivity contribution in [2.24, 2.45) is 0 Å². The Morgan fingerprint density at radius 3 is 2.86 bits per heavy atom. The predicted octanol–water partition coefficient (Wildman–Crippen LogP) is 4.03. The summed E-state index contributed by atoms with van der Waals surface area (Å²) in [5, 5.41) is 4.86. The van der Waals surface area contributed by atoms with Crippen molar-refractivity contribution >= 4 is 10.9 Å². The van der Waals surface area contributed by atoms with Crippen LogP contribution in [0.3, 0.4) is 0 Å². The number of fused-ring (bicyclic) bond motifs is 1. The average Bonchev–Trinajstić information content (AvgIpc) is 3.01. The van der Waals surface area contributed by atoms with Crippen molar-refractivity contribution < 1.29 is 4.74 Å².